The fourth-order valence-electron chi connectivity index (χ4n) is 4.00. The molecule has 3 rings (SSSR count). The molecule has 0 saturated carbocycles. The van der Waals surface area contributed by atoms with Crippen LogP contribution in [0.5, 0.6) is 0 Å². The molecule has 1 fully saturated rings. The van der Waals surface area contributed by atoms with Crippen molar-refractivity contribution in [2.24, 2.45) is 10.9 Å². The molecule has 4 heteroatoms. The predicted molar refractivity (Wildman–Crippen MR) is 103 cm³/mol. The van der Waals surface area contributed by atoms with Crippen molar-refractivity contribution in [3.63, 3.8) is 0 Å². The van der Waals surface area contributed by atoms with E-state index in [2.05, 4.69) is 51.3 Å². The fourth-order valence-corrected chi connectivity index (χ4v) is 4.00. The molecular formula is C20H32N4. The van der Waals surface area contributed by atoms with E-state index in [0.717, 1.165) is 31.4 Å². The number of nitrogens with zero attached hydrogens (tertiary/aromatic N) is 3. The minimum Gasteiger partial charge on any atom is -0.356 e. The van der Waals surface area contributed by atoms with Crippen LogP contribution < -0.4 is 10.2 Å². The molecule has 0 aromatic heterocycles. The first-order valence-electron chi connectivity index (χ1n) is 9.56. The number of anilines is 1. The highest BCUT2D eigenvalue weighted by atomic mass is 15.3. The van der Waals surface area contributed by atoms with E-state index in [4.69, 9.17) is 0 Å². The average molecular weight is 329 g/mol. The average Bonchev–Trinajstić information content (AvgIpc) is 3.02. The lowest BCUT2D eigenvalue weighted by Crippen LogP contribution is -2.41. The summed E-state index contributed by atoms with van der Waals surface area (Å²) in [5.41, 5.74) is 2.74. The van der Waals surface area contributed by atoms with Crippen LogP contribution in [0.3, 0.4) is 0 Å². The maximum atomic E-state index is 4.49. The summed E-state index contributed by atoms with van der Waals surface area (Å²) in [4.78, 5) is 9.45. The third-order valence-corrected chi connectivity index (χ3v) is 5.28. The Morgan fingerprint density at radius 2 is 2.12 bits per heavy atom. The lowest BCUT2D eigenvalue weighted by Gasteiger charge is -2.30. The van der Waals surface area contributed by atoms with Crippen LogP contribution in [0.15, 0.2) is 29.3 Å². The second kappa shape index (κ2) is 8.52. The van der Waals surface area contributed by atoms with Crippen LogP contribution in [0.1, 0.15) is 38.2 Å². The molecule has 1 saturated heterocycles. The van der Waals surface area contributed by atoms with Crippen molar-refractivity contribution in [1.29, 1.82) is 0 Å². The van der Waals surface area contributed by atoms with Crippen molar-refractivity contribution in [1.82, 2.24) is 10.2 Å². The quantitative estimate of drug-likeness (QED) is 0.512. The SMILES string of the molecule is CN=C(NCCCCN1CCCC(C)C1)N1CCc2ccccc21. The van der Waals surface area contributed by atoms with Crippen molar-refractivity contribution in [2.45, 2.75) is 39.0 Å². The molecule has 4 nitrogen and oxygen atoms in total. The minimum absolute atomic E-state index is 0.880. The highest BCUT2D eigenvalue weighted by Gasteiger charge is 2.22. The number of hydrogen-bond donors (Lipinski definition) is 1. The van der Waals surface area contributed by atoms with Crippen molar-refractivity contribution in [3.8, 4) is 0 Å². The van der Waals surface area contributed by atoms with Gasteiger partial charge in [-0.15, -0.1) is 0 Å². The Morgan fingerprint density at radius 3 is 2.96 bits per heavy atom. The summed E-state index contributed by atoms with van der Waals surface area (Å²) in [6.45, 7) is 8.26. The van der Waals surface area contributed by atoms with E-state index in [1.807, 2.05) is 7.05 Å². The van der Waals surface area contributed by atoms with Gasteiger partial charge < -0.3 is 15.1 Å². The number of fused-ring (bicyclic) bond motifs is 1. The second-order valence-electron chi connectivity index (χ2n) is 7.26. The topological polar surface area (TPSA) is 30.9 Å². The Bertz CT molecular complexity index is 554. The smallest absolute Gasteiger partial charge is 0.198 e. The van der Waals surface area contributed by atoms with E-state index in [9.17, 15) is 0 Å². The van der Waals surface area contributed by atoms with E-state index >= 15 is 0 Å². The summed E-state index contributed by atoms with van der Waals surface area (Å²) in [6, 6.07) is 8.67. The zero-order valence-electron chi connectivity index (χ0n) is 15.3. The summed E-state index contributed by atoms with van der Waals surface area (Å²) in [5.74, 6) is 1.90. The number of guanidine groups is 1. The maximum Gasteiger partial charge on any atom is 0.198 e. The van der Waals surface area contributed by atoms with Crippen LogP contribution in [0.25, 0.3) is 0 Å². The molecule has 2 heterocycles. The number of para-hydroxylation sites is 1. The number of aliphatic imine (C=N–C) groups is 1. The lowest BCUT2D eigenvalue weighted by atomic mass is 10.0. The first-order valence-corrected chi connectivity index (χ1v) is 9.56. The van der Waals surface area contributed by atoms with Gasteiger partial charge in [-0.05, 0) is 62.7 Å². The molecular weight excluding hydrogens is 296 g/mol. The normalized spacial score (nSPS) is 21.8. The maximum absolute atomic E-state index is 4.49. The second-order valence-corrected chi connectivity index (χ2v) is 7.26. The van der Waals surface area contributed by atoms with Gasteiger partial charge >= 0.3 is 0 Å². The highest BCUT2D eigenvalue weighted by Crippen LogP contribution is 2.27. The summed E-state index contributed by atoms with van der Waals surface area (Å²) in [5, 5.41) is 3.56. The van der Waals surface area contributed by atoms with Gasteiger partial charge in [0.25, 0.3) is 0 Å². The van der Waals surface area contributed by atoms with Gasteiger partial charge in [0, 0.05) is 32.4 Å². The molecule has 1 aromatic rings. The molecule has 1 atom stereocenters. The number of likely N-dealkylation sites (tertiary alicyclic amines) is 1. The van der Waals surface area contributed by atoms with Crippen molar-refractivity contribution < 1.29 is 0 Å². The molecule has 132 valence electrons. The van der Waals surface area contributed by atoms with Gasteiger partial charge in [-0.3, -0.25) is 4.99 Å². The Labute approximate surface area is 146 Å². The Morgan fingerprint density at radius 1 is 1.25 bits per heavy atom. The largest absolute Gasteiger partial charge is 0.356 e. The first kappa shape index (κ1) is 17.3. The van der Waals surface area contributed by atoms with E-state index in [0.29, 0.717) is 0 Å². The first-order chi connectivity index (χ1) is 11.8. The number of piperidine rings is 1. The van der Waals surface area contributed by atoms with Gasteiger partial charge in [-0.2, -0.15) is 0 Å². The standard InChI is InChI=1S/C20H32N4/c1-17-8-7-14-23(16-17)13-6-5-12-22-20(21-2)24-15-11-18-9-3-4-10-19(18)24/h3-4,9-10,17H,5-8,11-16H2,1-2H3,(H,21,22). The van der Waals surface area contributed by atoms with Gasteiger partial charge in [0.15, 0.2) is 5.96 Å². The third kappa shape index (κ3) is 4.29. The molecule has 1 aromatic carbocycles. The van der Waals surface area contributed by atoms with E-state index in [1.54, 1.807) is 0 Å². The highest BCUT2D eigenvalue weighted by molar-refractivity contribution is 5.97. The number of hydrogen-bond acceptors (Lipinski definition) is 2. The number of nitrogens with one attached hydrogen (secondary N) is 1. The van der Waals surface area contributed by atoms with Crippen molar-refractivity contribution >= 4 is 11.6 Å². The molecule has 0 spiro atoms. The summed E-state index contributed by atoms with van der Waals surface area (Å²) in [6.07, 6.45) is 6.38. The molecule has 0 amide bonds. The molecule has 1 N–H and O–H groups in total. The van der Waals surface area contributed by atoms with E-state index < -0.39 is 0 Å². The Kier molecular flexibility index (Phi) is 6.13. The van der Waals surface area contributed by atoms with E-state index in [1.165, 1.54) is 56.6 Å². The summed E-state index contributed by atoms with van der Waals surface area (Å²) in [7, 11) is 1.89. The Balaban J connectivity index is 1.40. The van der Waals surface area contributed by atoms with Gasteiger partial charge in [0.1, 0.15) is 0 Å². The monoisotopic (exact) mass is 328 g/mol. The van der Waals surface area contributed by atoms with Crippen LogP contribution in [0.2, 0.25) is 0 Å². The zero-order valence-corrected chi connectivity index (χ0v) is 15.3. The summed E-state index contributed by atoms with van der Waals surface area (Å²) >= 11 is 0. The van der Waals surface area contributed by atoms with Crippen LogP contribution in [0.4, 0.5) is 5.69 Å². The molecule has 1 unspecified atom stereocenters. The van der Waals surface area contributed by atoms with Crippen LogP contribution >= 0.6 is 0 Å². The van der Waals surface area contributed by atoms with Crippen LogP contribution in [-0.4, -0.2) is 50.6 Å². The third-order valence-electron chi connectivity index (χ3n) is 5.28. The molecule has 2 aliphatic heterocycles. The van der Waals surface area contributed by atoms with Gasteiger partial charge in [-0.25, -0.2) is 0 Å². The fraction of sp³-hybridized carbons (Fsp3) is 0.650. The van der Waals surface area contributed by atoms with E-state index in [-0.39, 0.29) is 0 Å². The van der Waals surface area contributed by atoms with Gasteiger partial charge in [0.05, 0.1) is 0 Å². The van der Waals surface area contributed by atoms with Gasteiger partial charge in [-0.1, -0.05) is 25.1 Å². The molecule has 0 radical (unpaired) electrons. The predicted octanol–water partition coefficient (Wildman–Crippen LogP) is 3.14. The zero-order chi connectivity index (χ0) is 16.8. The van der Waals surface area contributed by atoms with Crippen molar-refractivity contribution in [2.75, 3.05) is 44.7 Å². The van der Waals surface area contributed by atoms with Gasteiger partial charge in [0.2, 0.25) is 0 Å². The number of benzene rings is 1. The molecule has 2 aliphatic rings. The lowest BCUT2D eigenvalue weighted by molar-refractivity contribution is 0.181. The molecule has 0 aliphatic carbocycles. The van der Waals surface area contributed by atoms with Crippen molar-refractivity contribution in [3.05, 3.63) is 29.8 Å². The number of unbranched alkanes of at least 4 members (excludes halogenated alkanes) is 1. The van der Waals surface area contributed by atoms with Crippen LogP contribution in [-0.2, 0) is 6.42 Å². The van der Waals surface area contributed by atoms with Crippen LogP contribution in [0, 0.1) is 5.92 Å². The Hall–Kier alpha value is -1.55. The number of rotatable bonds is 5. The molecule has 24 heavy (non-hydrogen) atoms. The minimum atomic E-state index is 0.880. The molecule has 0 bridgehead atoms. The summed E-state index contributed by atoms with van der Waals surface area (Å²) < 4.78 is 0.